The third-order valence-corrected chi connectivity index (χ3v) is 7.21. The Morgan fingerprint density at radius 3 is 2.05 bits per heavy atom. The van der Waals surface area contributed by atoms with Crippen LogP contribution in [0.15, 0.2) is 73.2 Å². The molecule has 9 heteroatoms. The average Bonchev–Trinajstić information content (AvgIpc) is 3.37. The van der Waals surface area contributed by atoms with Gasteiger partial charge in [-0.05, 0) is 60.0 Å². The van der Waals surface area contributed by atoms with E-state index in [4.69, 9.17) is 14.5 Å². The fourth-order valence-corrected chi connectivity index (χ4v) is 4.94. The summed E-state index contributed by atoms with van der Waals surface area (Å²) in [4.78, 5) is 12.7. The third-order valence-electron chi connectivity index (χ3n) is 7.21. The number of nitrogens with zero attached hydrogens (tertiary/aromatic N) is 6. The minimum atomic E-state index is -0.644. The van der Waals surface area contributed by atoms with Crippen molar-refractivity contribution in [3.05, 3.63) is 101 Å². The number of ether oxygens (including phenoxy) is 2. The van der Waals surface area contributed by atoms with E-state index in [1.165, 1.54) is 6.20 Å². The van der Waals surface area contributed by atoms with Crippen LogP contribution in [0.5, 0.6) is 11.5 Å². The molecule has 0 aliphatic carbocycles. The van der Waals surface area contributed by atoms with Crippen LogP contribution in [0.4, 0.5) is 21.5 Å². The van der Waals surface area contributed by atoms with Crippen molar-refractivity contribution >= 4 is 28.1 Å². The number of hydrogen-bond donors (Lipinski definition) is 0. The quantitative estimate of drug-likeness (QED) is 0.214. The summed E-state index contributed by atoms with van der Waals surface area (Å²) in [5.74, 6) is 0.935. The Bertz CT molecular complexity index is 1680. The van der Waals surface area contributed by atoms with E-state index in [2.05, 4.69) is 9.88 Å². The third kappa shape index (κ3) is 5.50. The second kappa shape index (κ2) is 11.6. The Morgan fingerprint density at radius 1 is 0.927 bits per heavy atom. The molecule has 2 aromatic heterocycles. The zero-order valence-electron chi connectivity index (χ0n) is 23.7. The van der Waals surface area contributed by atoms with E-state index in [0.717, 1.165) is 45.0 Å². The van der Waals surface area contributed by atoms with Crippen LogP contribution < -0.4 is 19.3 Å². The molecule has 0 unspecified atom stereocenters. The standard InChI is InChI=1S/C32H31FN6O2/c1-21-17-35-27(16-34)30(33)32(21)38(3)24-14-28-31(36-20-37(28)2)29(15-24)39(18-22-6-10-25(40-4)11-7-22)19-23-8-12-26(41-5)13-9-23/h6-15,17,20H,18-19H2,1-5H3. The number of aromatic nitrogens is 3. The highest BCUT2D eigenvalue weighted by Gasteiger charge is 2.22. The van der Waals surface area contributed by atoms with Gasteiger partial charge in [0, 0.05) is 39.1 Å². The number of benzene rings is 3. The Balaban J connectivity index is 1.64. The minimum Gasteiger partial charge on any atom is -0.497 e. The molecule has 0 atom stereocenters. The first-order chi connectivity index (χ1) is 19.8. The molecule has 0 radical (unpaired) electrons. The first-order valence-electron chi connectivity index (χ1n) is 13.1. The zero-order chi connectivity index (χ0) is 29.1. The summed E-state index contributed by atoms with van der Waals surface area (Å²) in [7, 11) is 7.03. The number of nitriles is 1. The number of hydrogen-bond acceptors (Lipinski definition) is 7. The molecule has 0 spiro atoms. The number of aryl methyl sites for hydroxylation is 2. The molecule has 0 bridgehead atoms. The summed E-state index contributed by atoms with van der Waals surface area (Å²) in [6.07, 6.45) is 3.31. The summed E-state index contributed by atoms with van der Waals surface area (Å²) < 4.78 is 28.1. The monoisotopic (exact) mass is 550 g/mol. The number of pyridine rings is 1. The van der Waals surface area contributed by atoms with Crippen LogP contribution in [0.25, 0.3) is 11.0 Å². The SMILES string of the molecule is COc1ccc(CN(Cc2ccc(OC)cc2)c2cc(N(C)c3c(C)cnc(C#N)c3F)cc3c2ncn3C)cc1. The number of fused-ring (bicyclic) bond motifs is 1. The van der Waals surface area contributed by atoms with Gasteiger partial charge in [0.05, 0.1) is 37.4 Å². The van der Waals surface area contributed by atoms with Crippen LogP contribution in [-0.2, 0) is 20.1 Å². The van der Waals surface area contributed by atoms with E-state index in [-0.39, 0.29) is 5.69 Å². The molecule has 5 aromatic rings. The predicted octanol–water partition coefficient (Wildman–Crippen LogP) is 6.28. The lowest BCUT2D eigenvalue weighted by atomic mass is 10.1. The fourth-order valence-electron chi connectivity index (χ4n) is 4.94. The highest BCUT2D eigenvalue weighted by molar-refractivity contribution is 5.93. The number of imidazole rings is 1. The minimum absolute atomic E-state index is 0.236. The van der Waals surface area contributed by atoms with Gasteiger partial charge in [-0.3, -0.25) is 0 Å². The van der Waals surface area contributed by atoms with Crippen LogP contribution in [0.1, 0.15) is 22.4 Å². The number of halogens is 1. The van der Waals surface area contributed by atoms with Crippen molar-refractivity contribution in [2.45, 2.75) is 20.0 Å². The number of rotatable bonds is 9. The van der Waals surface area contributed by atoms with Crippen molar-refractivity contribution in [1.29, 1.82) is 5.26 Å². The molecule has 3 aromatic carbocycles. The smallest absolute Gasteiger partial charge is 0.183 e. The number of methoxy groups -OCH3 is 2. The second-order valence-electron chi connectivity index (χ2n) is 9.86. The Labute approximate surface area is 238 Å². The van der Waals surface area contributed by atoms with Gasteiger partial charge in [-0.15, -0.1) is 0 Å². The number of anilines is 3. The molecule has 208 valence electrons. The Morgan fingerprint density at radius 2 is 1.51 bits per heavy atom. The maximum Gasteiger partial charge on any atom is 0.183 e. The summed E-state index contributed by atoms with van der Waals surface area (Å²) in [5.41, 5.74) is 6.26. The lowest BCUT2D eigenvalue weighted by molar-refractivity contribution is 0.414. The molecule has 0 fully saturated rings. The van der Waals surface area contributed by atoms with Crippen LogP contribution in [-0.4, -0.2) is 35.8 Å². The van der Waals surface area contributed by atoms with Crippen molar-refractivity contribution < 1.29 is 13.9 Å². The van der Waals surface area contributed by atoms with E-state index in [0.29, 0.717) is 24.3 Å². The molecule has 0 aliphatic rings. The summed E-state index contributed by atoms with van der Waals surface area (Å²) in [6.45, 7) is 2.97. The maximum absolute atomic E-state index is 15.4. The van der Waals surface area contributed by atoms with Gasteiger partial charge in [0.25, 0.3) is 0 Å². The van der Waals surface area contributed by atoms with Gasteiger partial charge < -0.3 is 23.8 Å². The fraction of sp³-hybridized carbons (Fsp3) is 0.219. The molecular weight excluding hydrogens is 519 g/mol. The van der Waals surface area contributed by atoms with E-state index < -0.39 is 5.82 Å². The topological polar surface area (TPSA) is 79.4 Å². The lowest BCUT2D eigenvalue weighted by Gasteiger charge is -2.29. The van der Waals surface area contributed by atoms with Gasteiger partial charge >= 0.3 is 0 Å². The van der Waals surface area contributed by atoms with Crippen molar-refractivity contribution in [2.75, 3.05) is 31.1 Å². The molecule has 5 rings (SSSR count). The normalized spacial score (nSPS) is 10.9. The van der Waals surface area contributed by atoms with Crippen molar-refractivity contribution in [3.63, 3.8) is 0 Å². The van der Waals surface area contributed by atoms with Crippen LogP contribution in [0.3, 0.4) is 0 Å². The van der Waals surface area contributed by atoms with Gasteiger partial charge in [0.1, 0.15) is 23.1 Å². The van der Waals surface area contributed by atoms with E-state index >= 15 is 4.39 Å². The zero-order valence-corrected chi connectivity index (χ0v) is 23.7. The molecule has 0 aliphatic heterocycles. The maximum atomic E-state index is 15.4. The molecular formula is C32H31FN6O2. The molecule has 2 heterocycles. The summed E-state index contributed by atoms with van der Waals surface area (Å²) in [5, 5.41) is 9.39. The first-order valence-corrected chi connectivity index (χ1v) is 13.1. The van der Waals surface area contributed by atoms with Crippen LogP contribution in [0, 0.1) is 24.1 Å². The van der Waals surface area contributed by atoms with Gasteiger partial charge in [0.2, 0.25) is 0 Å². The highest BCUT2D eigenvalue weighted by atomic mass is 19.1. The van der Waals surface area contributed by atoms with Crippen molar-refractivity contribution in [2.24, 2.45) is 7.05 Å². The molecule has 0 amide bonds. The van der Waals surface area contributed by atoms with Gasteiger partial charge in [0.15, 0.2) is 11.5 Å². The Hall–Kier alpha value is -5.10. The molecule has 0 N–H and O–H groups in total. The highest BCUT2D eigenvalue weighted by Crippen LogP contribution is 2.37. The lowest BCUT2D eigenvalue weighted by Crippen LogP contribution is -2.23. The van der Waals surface area contributed by atoms with E-state index in [1.54, 1.807) is 39.4 Å². The summed E-state index contributed by atoms with van der Waals surface area (Å²) in [6, 6.07) is 21.8. The molecule has 41 heavy (non-hydrogen) atoms. The molecule has 0 saturated heterocycles. The summed E-state index contributed by atoms with van der Waals surface area (Å²) >= 11 is 0. The van der Waals surface area contributed by atoms with Gasteiger partial charge in [-0.1, -0.05) is 24.3 Å². The van der Waals surface area contributed by atoms with E-state index in [9.17, 15) is 5.26 Å². The largest absolute Gasteiger partial charge is 0.497 e. The molecule has 8 nitrogen and oxygen atoms in total. The average molecular weight is 551 g/mol. The van der Waals surface area contributed by atoms with Crippen molar-refractivity contribution in [3.8, 4) is 17.6 Å². The van der Waals surface area contributed by atoms with Crippen LogP contribution in [0.2, 0.25) is 0 Å². The molecule has 0 saturated carbocycles. The van der Waals surface area contributed by atoms with Gasteiger partial charge in [-0.25, -0.2) is 14.4 Å². The van der Waals surface area contributed by atoms with Crippen molar-refractivity contribution in [1.82, 2.24) is 14.5 Å². The first kappa shape index (κ1) is 27.5. The second-order valence-corrected chi connectivity index (χ2v) is 9.86. The predicted molar refractivity (Wildman–Crippen MR) is 158 cm³/mol. The van der Waals surface area contributed by atoms with E-state index in [1.807, 2.05) is 78.3 Å². The Kier molecular flexibility index (Phi) is 7.74. The van der Waals surface area contributed by atoms with Gasteiger partial charge in [-0.2, -0.15) is 5.26 Å². The van der Waals surface area contributed by atoms with Crippen LogP contribution >= 0.6 is 0 Å².